The number of piperazine rings is 1. The monoisotopic (exact) mass is 485 g/mol. The topological polar surface area (TPSA) is 85.6 Å². The van der Waals surface area contributed by atoms with Gasteiger partial charge < -0.3 is 14.7 Å². The van der Waals surface area contributed by atoms with Crippen LogP contribution in [0.15, 0.2) is 78.3 Å². The van der Waals surface area contributed by atoms with Crippen molar-refractivity contribution in [1.82, 2.24) is 29.3 Å². The van der Waals surface area contributed by atoms with E-state index in [2.05, 4.69) is 90.4 Å². The quantitative estimate of drug-likeness (QED) is 0.401. The summed E-state index contributed by atoms with van der Waals surface area (Å²) in [6.07, 6.45) is 2.87. The van der Waals surface area contributed by atoms with Gasteiger partial charge in [0.15, 0.2) is 11.1 Å². The molecule has 1 fully saturated rings. The molecule has 2 aromatic carbocycles. The van der Waals surface area contributed by atoms with Gasteiger partial charge in [-0.1, -0.05) is 60.7 Å². The van der Waals surface area contributed by atoms with Crippen LogP contribution in [0.2, 0.25) is 0 Å². The van der Waals surface area contributed by atoms with Crippen LogP contribution in [0, 0.1) is 0 Å². The first kappa shape index (κ1) is 24.4. The number of nitrogens with one attached hydrogen (secondary N) is 1. The summed E-state index contributed by atoms with van der Waals surface area (Å²) in [4.78, 5) is 21.6. The summed E-state index contributed by atoms with van der Waals surface area (Å²) >= 11 is 0. The Morgan fingerprint density at radius 2 is 1.53 bits per heavy atom. The SMILES string of the molecule is CC(C)N=c1ncn(CC(O)CN2CCN(C(c3ccccc3)c3ccccc3)CC2)c2nc[nH]c12. The van der Waals surface area contributed by atoms with E-state index in [1.807, 2.05) is 18.4 Å². The van der Waals surface area contributed by atoms with Crippen molar-refractivity contribution in [2.75, 3.05) is 32.7 Å². The molecule has 2 N–H and O–H groups in total. The number of rotatable bonds is 8. The van der Waals surface area contributed by atoms with Crippen molar-refractivity contribution in [1.29, 1.82) is 0 Å². The van der Waals surface area contributed by atoms with E-state index in [9.17, 15) is 5.11 Å². The number of H-pyrrole nitrogens is 1. The van der Waals surface area contributed by atoms with E-state index >= 15 is 0 Å². The standard InChI is InChI=1S/C28H35N7O/c1-21(2)32-27-25-28(30-19-29-25)35(20-31-27)18-24(36)17-33-13-15-34(16-14-33)26(22-9-5-3-6-10-22)23-11-7-4-8-12-23/h3-12,19-21,24,26,36H,13-18H2,1-2H3,(H,29,30). The van der Waals surface area contributed by atoms with E-state index in [1.165, 1.54) is 11.1 Å². The molecule has 1 aliphatic rings. The third kappa shape index (κ3) is 5.56. The van der Waals surface area contributed by atoms with Crippen molar-refractivity contribution >= 4 is 11.2 Å². The van der Waals surface area contributed by atoms with Crippen molar-refractivity contribution < 1.29 is 5.11 Å². The Morgan fingerprint density at radius 3 is 2.14 bits per heavy atom. The number of aromatic amines is 1. The van der Waals surface area contributed by atoms with Crippen LogP contribution in [0.25, 0.3) is 11.2 Å². The lowest BCUT2D eigenvalue weighted by molar-refractivity contribution is 0.0558. The number of hydrogen-bond acceptors (Lipinski definition) is 6. The molecular weight excluding hydrogens is 450 g/mol. The first-order valence-corrected chi connectivity index (χ1v) is 12.7. The number of aliphatic hydroxyl groups excluding tert-OH is 1. The molecule has 5 rings (SSSR count). The largest absolute Gasteiger partial charge is 0.390 e. The lowest BCUT2D eigenvalue weighted by Gasteiger charge is -2.40. The Hall–Kier alpha value is -3.33. The molecule has 0 amide bonds. The number of imidazole rings is 1. The fourth-order valence-electron chi connectivity index (χ4n) is 5.06. The van der Waals surface area contributed by atoms with Crippen molar-refractivity contribution in [3.63, 3.8) is 0 Å². The van der Waals surface area contributed by atoms with Gasteiger partial charge in [-0.3, -0.25) is 14.8 Å². The lowest BCUT2D eigenvalue weighted by Crippen LogP contribution is -2.50. The van der Waals surface area contributed by atoms with Crippen molar-refractivity contribution in [3.8, 4) is 0 Å². The van der Waals surface area contributed by atoms with Crippen LogP contribution in [0.4, 0.5) is 0 Å². The van der Waals surface area contributed by atoms with Crippen LogP contribution in [0.1, 0.15) is 31.0 Å². The molecule has 0 saturated carbocycles. The van der Waals surface area contributed by atoms with Gasteiger partial charge in [-0.05, 0) is 25.0 Å². The van der Waals surface area contributed by atoms with Crippen molar-refractivity contribution in [2.24, 2.45) is 4.99 Å². The minimum Gasteiger partial charge on any atom is -0.390 e. The molecule has 188 valence electrons. The fourth-order valence-corrected chi connectivity index (χ4v) is 5.06. The maximum atomic E-state index is 10.9. The third-order valence-electron chi connectivity index (χ3n) is 6.69. The summed E-state index contributed by atoms with van der Waals surface area (Å²) in [5.41, 5.74) is 4.86. The maximum absolute atomic E-state index is 10.9. The van der Waals surface area contributed by atoms with Gasteiger partial charge in [0, 0.05) is 38.8 Å². The number of β-amino-alcohol motifs (C(OH)–C–C–N with tert-alkyl or cyclic N) is 1. The second-order valence-electron chi connectivity index (χ2n) is 9.76. The number of nitrogens with zero attached hydrogens (tertiary/aromatic N) is 6. The number of hydrogen-bond donors (Lipinski definition) is 2. The Balaban J connectivity index is 1.23. The van der Waals surface area contributed by atoms with E-state index in [1.54, 1.807) is 12.7 Å². The predicted molar refractivity (Wildman–Crippen MR) is 141 cm³/mol. The zero-order chi connectivity index (χ0) is 24.9. The number of fused-ring (bicyclic) bond motifs is 1. The van der Waals surface area contributed by atoms with Crippen molar-refractivity contribution in [3.05, 3.63) is 89.9 Å². The van der Waals surface area contributed by atoms with Crippen LogP contribution >= 0.6 is 0 Å². The Kier molecular flexibility index (Phi) is 7.55. The first-order chi connectivity index (χ1) is 17.6. The highest BCUT2D eigenvalue weighted by Gasteiger charge is 2.27. The van der Waals surface area contributed by atoms with Gasteiger partial charge in [0.05, 0.1) is 31.3 Å². The molecular formula is C28H35N7O. The van der Waals surface area contributed by atoms with Gasteiger partial charge >= 0.3 is 0 Å². The highest BCUT2D eigenvalue weighted by atomic mass is 16.3. The number of aromatic nitrogens is 4. The Morgan fingerprint density at radius 1 is 0.889 bits per heavy atom. The summed E-state index contributed by atoms with van der Waals surface area (Å²) < 4.78 is 1.91. The molecule has 1 saturated heterocycles. The molecule has 8 nitrogen and oxygen atoms in total. The molecule has 36 heavy (non-hydrogen) atoms. The summed E-state index contributed by atoms with van der Waals surface area (Å²) in [5, 5.41) is 10.9. The van der Waals surface area contributed by atoms with Crippen LogP contribution in [-0.2, 0) is 6.54 Å². The molecule has 1 unspecified atom stereocenters. The molecule has 4 aromatic rings. The maximum Gasteiger partial charge on any atom is 0.176 e. The van der Waals surface area contributed by atoms with Gasteiger partial charge in [-0.15, -0.1) is 0 Å². The minimum absolute atomic E-state index is 0.146. The predicted octanol–water partition coefficient (Wildman–Crippen LogP) is 2.84. The van der Waals surface area contributed by atoms with Crippen LogP contribution in [-0.4, -0.2) is 79.3 Å². The summed E-state index contributed by atoms with van der Waals surface area (Å²) in [6.45, 7) is 8.84. The number of aliphatic hydroxyl groups is 1. The Bertz CT molecular complexity index is 1270. The highest BCUT2D eigenvalue weighted by Crippen LogP contribution is 2.29. The van der Waals surface area contributed by atoms with Crippen LogP contribution < -0.4 is 5.49 Å². The summed E-state index contributed by atoms with van der Waals surface area (Å²) in [5.74, 6) is 0. The Labute approximate surface area is 212 Å². The van der Waals surface area contributed by atoms with Crippen LogP contribution in [0.5, 0.6) is 0 Å². The molecule has 1 aliphatic heterocycles. The molecule has 8 heteroatoms. The van der Waals surface area contributed by atoms with Crippen LogP contribution in [0.3, 0.4) is 0 Å². The molecule has 1 atom stereocenters. The van der Waals surface area contributed by atoms with E-state index in [4.69, 9.17) is 0 Å². The lowest BCUT2D eigenvalue weighted by atomic mass is 9.96. The third-order valence-corrected chi connectivity index (χ3v) is 6.69. The smallest absolute Gasteiger partial charge is 0.176 e. The zero-order valence-electron chi connectivity index (χ0n) is 21.0. The average molecular weight is 486 g/mol. The van der Waals surface area contributed by atoms with E-state index in [0.29, 0.717) is 18.6 Å². The highest BCUT2D eigenvalue weighted by molar-refractivity contribution is 5.68. The van der Waals surface area contributed by atoms with E-state index in [-0.39, 0.29) is 12.1 Å². The molecule has 0 spiro atoms. The van der Waals surface area contributed by atoms with Gasteiger partial charge in [0.25, 0.3) is 0 Å². The normalized spacial score (nSPS) is 16.9. The molecule has 0 radical (unpaired) electrons. The van der Waals surface area contributed by atoms with Gasteiger partial charge in [-0.2, -0.15) is 0 Å². The van der Waals surface area contributed by atoms with Crippen molar-refractivity contribution in [2.45, 2.75) is 38.6 Å². The average Bonchev–Trinajstić information content (AvgIpc) is 3.39. The number of benzene rings is 2. The minimum atomic E-state index is -0.518. The summed E-state index contributed by atoms with van der Waals surface area (Å²) in [7, 11) is 0. The second-order valence-corrected chi connectivity index (χ2v) is 9.76. The molecule has 0 aliphatic carbocycles. The van der Waals surface area contributed by atoms with Gasteiger partial charge in [-0.25, -0.2) is 9.97 Å². The first-order valence-electron chi connectivity index (χ1n) is 12.7. The van der Waals surface area contributed by atoms with Gasteiger partial charge in [0.2, 0.25) is 0 Å². The van der Waals surface area contributed by atoms with Gasteiger partial charge in [0.1, 0.15) is 5.52 Å². The zero-order valence-corrected chi connectivity index (χ0v) is 21.0. The van der Waals surface area contributed by atoms with E-state index in [0.717, 1.165) is 37.3 Å². The second kappa shape index (κ2) is 11.2. The molecule has 0 bridgehead atoms. The fraction of sp³-hybridized carbons (Fsp3) is 0.393. The van der Waals surface area contributed by atoms with E-state index < -0.39 is 6.10 Å². The summed E-state index contributed by atoms with van der Waals surface area (Å²) in [6, 6.07) is 21.9. The molecule has 2 aromatic heterocycles. The molecule has 3 heterocycles.